The summed E-state index contributed by atoms with van der Waals surface area (Å²) >= 11 is 0. The van der Waals surface area contributed by atoms with Crippen molar-refractivity contribution in [2.75, 3.05) is 0 Å². The molecule has 0 aromatic rings. The van der Waals surface area contributed by atoms with Gasteiger partial charge in [-0.15, -0.1) is 0 Å². The Morgan fingerprint density at radius 2 is 2.07 bits per heavy atom. The molecule has 1 saturated carbocycles. The van der Waals surface area contributed by atoms with E-state index in [-0.39, 0.29) is 11.8 Å². The molecule has 14 heavy (non-hydrogen) atoms. The van der Waals surface area contributed by atoms with Crippen molar-refractivity contribution in [2.24, 2.45) is 17.1 Å². The molecule has 1 aliphatic carbocycles. The number of primary amides is 1. The Hall–Kier alpha value is -1.39. The fraction of sp³-hybridized carbons (Fsp3) is 0.667. The molecule has 2 fully saturated rings. The van der Waals surface area contributed by atoms with Crippen molar-refractivity contribution in [1.29, 1.82) is 0 Å². The van der Waals surface area contributed by atoms with Crippen LogP contribution in [0.5, 0.6) is 0 Å². The van der Waals surface area contributed by atoms with Gasteiger partial charge in [-0.05, 0) is 19.3 Å². The summed E-state index contributed by atoms with van der Waals surface area (Å²) in [4.78, 5) is 33.5. The minimum atomic E-state index is -0.648. The van der Waals surface area contributed by atoms with E-state index in [1.807, 2.05) is 0 Å². The van der Waals surface area contributed by atoms with E-state index in [0.29, 0.717) is 25.7 Å². The number of carbonyl (C=O) groups excluding carboxylic acids is 3. The van der Waals surface area contributed by atoms with Crippen molar-refractivity contribution in [3.05, 3.63) is 0 Å². The van der Waals surface area contributed by atoms with E-state index in [1.165, 1.54) is 0 Å². The molecule has 3 amide bonds. The maximum atomic E-state index is 11.5. The molecular weight excluding hydrogens is 184 g/mol. The highest BCUT2D eigenvalue weighted by Gasteiger charge is 2.57. The molecular formula is C9H12N2O3. The fourth-order valence-corrected chi connectivity index (χ4v) is 2.12. The number of amides is 3. The zero-order chi connectivity index (χ0) is 10.3. The highest BCUT2D eigenvalue weighted by Crippen LogP contribution is 2.53. The van der Waals surface area contributed by atoms with Gasteiger partial charge in [0.2, 0.25) is 17.7 Å². The second kappa shape index (κ2) is 2.80. The Labute approximate surface area is 81.0 Å². The van der Waals surface area contributed by atoms with Crippen LogP contribution in [0.2, 0.25) is 0 Å². The van der Waals surface area contributed by atoms with Crippen molar-refractivity contribution in [2.45, 2.75) is 25.7 Å². The number of imide groups is 1. The predicted molar refractivity (Wildman–Crippen MR) is 46.7 cm³/mol. The van der Waals surface area contributed by atoms with Gasteiger partial charge in [-0.1, -0.05) is 0 Å². The van der Waals surface area contributed by atoms with Gasteiger partial charge in [-0.25, -0.2) is 0 Å². The number of piperidine rings is 1. The quantitative estimate of drug-likeness (QED) is 0.572. The minimum Gasteiger partial charge on any atom is -0.369 e. The number of carbonyl (C=O) groups is 3. The van der Waals surface area contributed by atoms with Crippen LogP contribution in [0, 0.1) is 11.3 Å². The van der Waals surface area contributed by atoms with E-state index in [4.69, 9.17) is 5.73 Å². The summed E-state index contributed by atoms with van der Waals surface area (Å²) < 4.78 is 0. The van der Waals surface area contributed by atoms with E-state index in [2.05, 4.69) is 5.32 Å². The summed E-state index contributed by atoms with van der Waals surface area (Å²) in [7, 11) is 0. The molecule has 1 saturated heterocycles. The number of rotatable bonds is 2. The third-order valence-corrected chi connectivity index (χ3v) is 3.19. The van der Waals surface area contributed by atoms with E-state index in [0.717, 1.165) is 0 Å². The molecule has 1 heterocycles. The normalized spacial score (nSPS) is 29.6. The van der Waals surface area contributed by atoms with Crippen LogP contribution in [-0.2, 0) is 14.4 Å². The van der Waals surface area contributed by atoms with Crippen molar-refractivity contribution in [1.82, 2.24) is 5.32 Å². The van der Waals surface area contributed by atoms with Crippen molar-refractivity contribution in [3.63, 3.8) is 0 Å². The Bertz CT molecular complexity index is 320. The van der Waals surface area contributed by atoms with Crippen LogP contribution in [-0.4, -0.2) is 17.7 Å². The first kappa shape index (κ1) is 9.18. The molecule has 0 bridgehead atoms. The van der Waals surface area contributed by atoms with Crippen LogP contribution in [0.4, 0.5) is 0 Å². The summed E-state index contributed by atoms with van der Waals surface area (Å²) in [6.45, 7) is 0. The van der Waals surface area contributed by atoms with Crippen LogP contribution < -0.4 is 11.1 Å². The zero-order valence-electron chi connectivity index (χ0n) is 7.71. The number of nitrogens with one attached hydrogen (secondary N) is 1. The number of nitrogens with two attached hydrogens (primary N) is 1. The van der Waals surface area contributed by atoms with Gasteiger partial charge < -0.3 is 5.73 Å². The van der Waals surface area contributed by atoms with Crippen LogP contribution >= 0.6 is 0 Å². The molecule has 2 aliphatic rings. The number of hydrogen-bond acceptors (Lipinski definition) is 3. The maximum Gasteiger partial charge on any atom is 0.230 e. The van der Waals surface area contributed by atoms with E-state index < -0.39 is 17.2 Å². The van der Waals surface area contributed by atoms with Gasteiger partial charge in [0.15, 0.2) is 0 Å². The first-order valence-electron chi connectivity index (χ1n) is 4.70. The average Bonchev–Trinajstić information content (AvgIpc) is 2.84. The fourth-order valence-electron chi connectivity index (χ4n) is 2.12. The summed E-state index contributed by atoms with van der Waals surface area (Å²) in [5.41, 5.74) is 4.61. The average molecular weight is 196 g/mol. The zero-order valence-corrected chi connectivity index (χ0v) is 7.71. The molecule has 1 atom stereocenters. The van der Waals surface area contributed by atoms with Gasteiger partial charge in [0.25, 0.3) is 0 Å². The lowest BCUT2D eigenvalue weighted by atomic mass is 9.82. The molecule has 0 spiro atoms. The first-order valence-corrected chi connectivity index (χ1v) is 4.70. The standard InChI is InChI=1S/C9H12N2O3/c10-8(14)9(3-4-9)5-1-2-6(12)11-7(5)13/h5H,1-4H2,(H2,10,14)(H,11,12,13). The summed E-state index contributed by atoms with van der Waals surface area (Å²) in [5, 5.41) is 2.24. The molecule has 3 N–H and O–H groups in total. The largest absolute Gasteiger partial charge is 0.369 e. The first-order chi connectivity index (χ1) is 6.56. The minimum absolute atomic E-state index is 0.258. The van der Waals surface area contributed by atoms with Gasteiger partial charge in [0.1, 0.15) is 0 Å². The molecule has 2 rings (SSSR count). The molecule has 1 aliphatic heterocycles. The van der Waals surface area contributed by atoms with Gasteiger partial charge in [0, 0.05) is 6.42 Å². The Balaban J connectivity index is 2.16. The molecule has 0 aromatic heterocycles. The molecule has 0 radical (unpaired) electrons. The lowest BCUT2D eigenvalue weighted by Crippen LogP contribution is -2.47. The van der Waals surface area contributed by atoms with E-state index >= 15 is 0 Å². The molecule has 5 heteroatoms. The maximum absolute atomic E-state index is 11.5. The van der Waals surface area contributed by atoms with Crippen molar-refractivity contribution >= 4 is 17.7 Å². The lowest BCUT2D eigenvalue weighted by Gasteiger charge is -2.26. The second-order valence-electron chi connectivity index (χ2n) is 4.02. The Morgan fingerprint density at radius 1 is 1.43 bits per heavy atom. The van der Waals surface area contributed by atoms with E-state index in [9.17, 15) is 14.4 Å². The predicted octanol–water partition coefficient (Wildman–Crippen LogP) is -0.695. The van der Waals surface area contributed by atoms with Crippen LogP contribution in [0.15, 0.2) is 0 Å². The van der Waals surface area contributed by atoms with Crippen LogP contribution in [0.3, 0.4) is 0 Å². The SMILES string of the molecule is NC(=O)C1(C2CCC(=O)NC2=O)CC1. The monoisotopic (exact) mass is 196 g/mol. The third kappa shape index (κ3) is 1.20. The van der Waals surface area contributed by atoms with Gasteiger partial charge in [0.05, 0.1) is 11.3 Å². The molecule has 76 valence electrons. The topological polar surface area (TPSA) is 89.3 Å². The van der Waals surface area contributed by atoms with Crippen LogP contribution in [0.25, 0.3) is 0 Å². The summed E-state index contributed by atoms with van der Waals surface area (Å²) in [6.07, 6.45) is 2.11. The van der Waals surface area contributed by atoms with Crippen molar-refractivity contribution < 1.29 is 14.4 Å². The van der Waals surface area contributed by atoms with Crippen LogP contribution in [0.1, 0.15) is 25.7 Å². The third-order valence-electron chi connectivity index (χ3n) is 3.19. The Kier molecular flexibility index (Phi) is 1.83. The smallest absolute Gasteiger partial charge is 0.230 e. The molecule has 0 aromatic carbocycles. The van der Waals surface area contributed by atoms with Gasteiger partial charge in [-0.2, -0.15) is 0 Å². The lowest BCUT2D eigenvalue weighted by molar-refractivity contribution is -0.142. The molecule has 5 nitrogen and oxygen atoms in total. The second-order valence-corrected chi connectivity index (χ2v) is 4.02. The van der Waals surface area contributed by atoms with Crippen molar-refractivity contribution in [3.8, 4) is 0 Å². The van der Waals surface area contributed by atoms with E-state index in [1.54, 1.807) is 0 Å². The number of hydrogen-bond donors (Lipinski definition) is 2. The summed E-state index contributed by atoms with van der Waals surface area (Å²) in [6, 6.07) is 0. The highest BCUT2D eigenvalue weighted by atomic mass is 16.2. The highest BCUT2D eigenvalue weighted by molar-refractivity contribution is 6.02. The van der Waals surface area contributed by atoms with Gasteiger partial charge >= 0.3 is 0 Å². The summed E-state index contributed by atoms with van der Waals surface area (Å²) in [5.74, 6) is -1.39. The molecule has 1 unspecified atom stereocenters. The van der Waals surface area contributed by atoms with Gasteiger partial charge in [-0.3, -0.25) is 19.7 Å². The Morgan fingerprint density at radius 3 is 2.50 bits per heavy atom.